The van der Waals surface area contributed by atoms with Gasteiger partial charge in [-0.3, -0.25) is 4.84 Å². The molecule has 0 fully saturated rings. The Labute approximate surface area is 94.8 Å². The molecule has 0 radical (unpaired) electrons. The Morgan fingerprint density at radius 2 is 2.00 bits per heavy atom. The minimum Gasteiger partial charge on any atom is -0.495 e. The van der Waals surface area contributed by atoms with Crippen LogP contribution in [0.25, 0.3) is 0 Å². The van der Waals surface area contributed by atoms with Crippen molar-refractivity contribution in [1.29, 1.82) is 0 Å². The van der Waals surface area contributed by atoms with Crippen LogP contribution in [0.2, 0.25) is 5.02 Å². The van der Waals surface area contributed by atoms with E-state index in [0.717, 1.165) is 12.1 Å². The van der Waals surface area contributed by atoms with E-state index in [9.17, 15) is 13.2 Å². The maximum atomic E-state index is 12.5. The number of benzene rings is 1. The van der Waals surface area contributed by atoms with E-state index in [1.807, 2.05) is 0 Å². The lowest BCUT2D eigenvalue weighted by atomic mass is 10.1. The van der Waals surface area contributed by atoms with Gasteiger partial charge in [0.25, 0.3) is 0 Å². The first-order chi connectivity index (χ1) is 7.40. The normalized spacial score (nSPS) is 11.6. The Kier molecular flexibility index (Phi) is 4.01. The average Bonchev–Trinajstić information content (AvgIpc) is 2.16. The molecule has 1 aromatic carbocycles. The first kappa shape index (κ1) is 13.1. The van der Waals surface area contributed by atoms with E-state index >= 15 is 0 Å². The van der Waals surface area contributed by atoms with Gasteiger partial charge in [-0.15, -0.1) is 0 Å². The second-order valence-corrected chi connectivity index (χ2v) is 3.37. The fraction of sp³-hybridized carbons (Fsp3) is 0.333. The number of methoxy groups -OCH3 is 1. The van der Waals surface area contributed by atoms with E-state index in [0.29, 0.717) is 0 Å². The van der Waals surface area contributed by atoms with E-state index < -0.39 is 11.7 Å². The summed E-state index contributed by atoms with van der Waals surface area (Å²) < 4.78 is 42.2. The number of rotatable bonds is 3. The molecule has 0 heterocycles. The van der Waals surface area contributed by atoms with Crippen molar-refractivity contribution in [2.24, 2.45) is 5.90 Å². The number of ether oxygens (including phenoxy) is 1. The smallest absolute Gasteiger partial charge is 0.416 e. The minimum atomic E-state index is -4.47. The lowest BCUT2D eigenvalue weighted by molar-refractivity contribution is -0.137. The number of hydrogen-bond acceptors (Lipinski definition) is 3. The standard InChI is InChI=1S/C9H9ClF3NO2/c1-15-8-5(4-16-14)2-6(3-7(8)10)9(11,12)13/h2-3H,4,14H2,1H3. The number of hydrogen-bond donors (Lipinski definition) is 1. The van der Waals surface area contributed by atoms with Gasteiger partial charge in [-0.05, 0) is 12.1 Å². The van der Waals surface area contributed by atoms with Crippen molar-refractivity contribution in [2.75, 3.05) is 7.11 Å². The summed E-state index contributed by atoms with van der Waals surface area (Å²) >= 11 is 5.66. The van der Waals surface area contributed by atoms with Gasteiger partial charge in [-0.1, -0.05) is 11.6 Å². The van der Waals surface area contributed by atoms with Crippen LogP contribution in [0, 0.1) is 0 Å². The van der Waals surface area contributed by atoms with Gasteiger partial charge in [0.1, 0.15) is 5.75 Å². The first-order valence-corrected chi connectivity index (χ1v) is 4.53. The van der Waals surface area contributed by atoms with Gasteiger partial charge < -0.3 is 4.74 Å². The van der Waals surface area contributed by atoms with E-state index in [2.05, 4.69) is 4.84 Å². The van der Waals surface area contributed by atoms with Gasteiger partial charge in [-0.2, -0.15) is 13.2 Å². The monoisotopic (exact) mass is 255 g/mol. The Bertz CT molecular complexity index is 382. The van der Waals surface area contributed by atoms with Crippen LogP contribution in [0.4, 0.5) is 13.2 Å². The molecule has 0 saturated carbocycles. The third-order valence-electron chi connectivity index (χ3n) is 1.89. The van der Waals surface area contributed by atoms with Crippen LogP contribution in [-0.2, 0) is 17.6 Å². The lowest BCUT2D eigenvalue weighted by Crippen LogP contribution is -2.08. The van der Waals surface area contributed by atoms with Crippen LogP contribution in [0.15, 0.2) is 12.1 Å². The molecule has 0 aliphatic carbocycles. The summed E-state index contributed by atoms with van der Waals surface area (Å²) in [6.07, 6.45) is -4.47. The molecule has 3 nitrogen and oxygen atoms in total. The zero-order chi connectivity index (χ0) is 12.3. The molecule has 90 valence electrons. The largest absolute Gasteiger partial charge is 0.495 e. The first-order valence-electron chi connectivity index (χ1n) is 4.15. The Hall–Kier alpha value is -0.980. The Morgan fingerprint density at radius 1 is 1.38 bits per heavy atom. The second kappa shape index (κ2) is 4.90. The molecule has 0 aromatic heterocycles. The number of alkyl halides is 3. The predicted molar refractivity (Wildman–Crippen MR) is 52.0 cm³/mol. The zero-order valence-corrected chi connectivity index (χ0v) is 9.02. The maximum Gasteiger partial charge on any atom is 0.416 e. The fourth-order valence-corrected chi connectivity index (χ4v) is 1.56. The summed E-state index contributed by atoms with van der Waals surface area (Å²) in [5.41, 5.74) is -0.727. The van der Waals surface area contributed by atoms with Gasteiger partial charge in [0, 0.05) is 5.56 Å². The Balaban J connectivity index is 3.28. The molecule has 0 amide bonds. The molecular formula is C9H9ClF3NO2. The molecule has 0 aliphatic heterocycles. The number of nitrogens with two attached hydrogens (primary N) is 1. The molecule has 0 aliphatic rings. The van der Waals surface area contributed by atoms with Crippen molar-refractivity contribution in [1.82, 2.24) is 0 Å². The summed E-state index contributed by atoms with van der Waals surface area (Å²) in [6, 6.07) is 1.68. The molecule has 16 heavy (non-hydrogen) atoms. The molecule has 0 spiro atoms. The van der Waals surface area contributed by atoms with Crippen LogP contribution in [0.3, 0.4) is 0 Å². The average molecular weight is 256 g/mol. The van der Waals surface area contributed by atoms with E-state index in [1.54, 1.807) is 0 Å². The summed E-state index contributed by atoms with van der Waals surface area (Å²) in [6.45, 7) is -0.215. The molecule has 1 rings (SSSR count). The van der Waals surface area contributed by atoms with Gasteiger partial charge in [0.15, 0.2) is 0 Å². The predicted octanol–water partition coefficient (Wildman–Crippen LogP) is 2.76. The third-order valence-corrected chi connectivity index (χ3v) is 2.17. The molecule has 2 N–H and O–H groups in total. The highest BCUT2D eigenvalue weighted by Gasteiger charge is 2.32. The minimum absolute atomic E-state index is 0.125. The van der Waals surface area contributed by atoms with E-state index in [4.69, 9.17) is 22.2 Å². The van der Waals surface area contributed by atoms with E-state index in [1.165, 1.54) is 7.11 Å². The molecule has 7 heteroatoms. The van der Waals surface area contributed by atoms with Gasteiger partial charge in [0.2, 0.25) is 0 Å². The van der Waals surface area contributed by atoms with Crippen LogP contribution in [0.5, 0.6) is 5.75 Å². The van der Waals surface area contributed by atoms with Crippen molar-refractivity contribution in [2.45, 2.75) is 12.8 Å². The third kappa shape index (κ3) is 2.78. The van der Waals surface area contributed by atoms with Crippen LogP contribution in [-0.4, -0.2) is 7.11 Å². The zero-order valence-electron chi connectivity index (χ0n) is 8.27. The number of halogens is 4. The van der Waals surface area contributed by atoms with Gasteiger partial charge in [-0.25, -0.2) is 5.90 Å². The van der Waals surface area contributed by atoms with Crippen LogP contribution in [0.1, 0.15) is 11.1 Å². The summed E-state index contributed by atoms with van der Waals surface area (Å²) in [5, 5.41) is -0.135. The highest BCUT2D eigenvalue weighted by atomic mass is 35.5. The van der Waals surface area contributed by atoms with Crippen molar-refractivity contribution >= 4 is 11.6 Å². The molecule has 1 aromatic rings. The van der Waals surface area contributed by atoms with E-state index in [-0.39, 0.29) is 22.9 Å². The van der Waals surface area contributed by atoms with Crippen LogP contribution >= 0.6 is 11.6 Å². The fourth-order valence-electron chi connectivity index (χ4n) is 1.24. The van der Waals surface area contributed by atoms with Crippen molar-refractivity contribution in [3.63, 3.8) is 0 Å². The van der Waals surface area contributed by atoms with Crippen LogP contribution < -0.4 is 10.6 Å². The summed E-state index contributed by atoms with van der Waals surface area (Å²) in [5.74, 6) is 4.94. The topological polar surface area (TPSA) is 44.5 Å². The quantitative estimate of drug-likeness (QED) is 0.845. The van der Waals surface area contributed by atoms with Crippen molar-refractivity contribution in [3.05, 3.63) is 28.3 Å². The SMILES string of the molecule is COc1c(Cl)cc(C(F)(F)F)cc1CON. The molecule has 0 saturated heterocycles. The Morgan fingerprint density at radius 3 is 2.44 bits per heavy atom. The molecule has 0 unspecified atom stereocenters. The molecule has 0 atom stereocenters. The highest BCUT2D eigenvalue weighted by molar-refractivity contribution is 6.32. The summed E-state index contributed by atoms with van der Waals surface area (Å²) in [4.78, 5) is 4.29. The van der Waals surface area contributed by atoms with Gasteiger partial charge in [0.05, 0.1) is 24.3 Å². The second-order valence-electron chi connectivity index (χ2n) is 2.96. The lowest BCUT2D eigenvalue weighted by Gasteiger charge is -2.13. The summed E-state index contributed by atoms with van der Waals surface area (Å²) in [7, 11) is 1.30. The molecular weight excluding hydrogens is 247 g/mol. The highest BCUT2D eigenvalue weighted by Crippen LogP contribution is 2.37. The molecule has 0 bridgehead atoms. The van der Waals surface area contributed by atoms with Gasteiger partial charge >= 0.3 is 6.18 Å². The van der Waals surface area contributed by atoms with Crippen molar-refractivity contribution in [3.8, 4) is 5.75 Å². The maximum absolute atomic E-state index is 12.5. The van der Waals surface area contributed by atoms with Crippen molar-refractivity contribution < 1.29 is 22.7 Å².